The molecule has 0 aliphatic carbocycles. The van der Waals surface area contributed by atoms with Crippen LogP contribution in [0, 0.1) is 0 Å². The highest BCUT2D eigenvalue weighted by molar-refractivity contribution is 5.47. The van der Waals surface area contributed by atoms with Crippen LogP contribution >= 0.6 is 0 Å². The summed E-state index contributed by atoms with van der Waals surface area (Å²) < 4.78 is 5.96. The number of hydrogen-bond donors (Lipinski definition) is 1. The van der Waals surface area contributed by atoms with Crippen molar-refractivity contribution in [3.05, 3.63) is 29.3 Å². The normalized spacial score (nSPS) is 24.2. The molecule has 0 spiro atoms. The summed E-state index contributed by atoms with van der Waals surface area (Å²) in [5.41, 5.74) is 2.21. The zero-order valence-electron chi connectivity index (χ0n) is 10.9. The number of benzene rings is 1. The SMILES string of the molecule is CCCC1Oc2c(C(C)CC)cccc2C1O. The molecule has 1 heterocycles. The van der Waals surface area contributed by atoms with Crippen LogP contribution in [-0.4, -0.2) is 11.2 Å². The maximum absolute atomic E-state index is 10.2. The van der Waals surface area contributed by atoms with Crippen LogP contribution in [0.3, 0.4) is 0 Å². The largest absolute Gasteiger partial charge is 0.487 e. The van der Waals surface area contributed by atoms with Crippen molar-refractivity contribution in [1.29, 1.82) is 0 Å². The molecule has 3 atom stereocenters. The van der Waals surface area contributed by atoms with Crippen LogP contribution < -0.4 is 4.74 Å². The Balaban J connectivity index is 2.33. The lowest BCUT2D eigenvalue weighted by Crippen LogP contribution is -2.17. The molecule has 1 aromatic carbocycles. The second-order valence-electron chi connectivity index (χ2n) is 4.96. The lowest BCUT2D eigenvalue weighted by molar-refractivity contribution is 0.0612. The van der Waals surface area contributed by atoms with Crippen molar-refractivity contribution in [1.82, 2.24) is 0 Å². The van der Waals surface area contributed by atoms with Crippen LogP contribution in [0.4, 0.5) is 0 Å². The molecule has 0 saturated heterocycles. The van der Waals surface area contributed by atoms with Crippen LogP contribution in [0.5, 0.6) is 5.75 Å². The molecule has 0 bridgehead atoms. The molecular weight excluding hydrogens is 212 g/mol. The van der Waals surface area contributed by atoms with Gasteiger partial charge >= 0.3 is 0 Å². The van der Waals surface area contributed by atoms with Gasteiger partial charge in [-0.1, -0.05) is 45.4 Å². The number of fused-ring (bicyclic) bond motifs is 1. The van der Waals surface area contributed by atoms with E-state index in [4.69, 9.17) is 4.74 Å². The predicted octanol–water partition coefficient (Wildman–Crippen LogP) is 3.79. The summed E-state index contributed by atoms with van der Waals surface area (Å²) in [5.74, 6) is 1.42. The minimum atomic E-state index is -0.450. The second-order valence-corrected chi connectivity index (χ2v) is 4.96. The van der Waals surface area contributed by atoms with E-state index in [0.717, 1.165) is 30.6 Å². The third-order valence-electron chi connectivity index (χ3n) is 3.73. The van der Waals surface area contributed by atoms with Gasteiger partial charge < -0.3 is 9.84 Å². The molecule has 2 nitrogen and oxygen atoms in total. The van der Waals surface area contributed by atoms with Crippen LogP contribution in [0.15, 0.2) is 18.2 Å². The van der Waals surface area contributed by atoms with Gasteiger partial charge in [-0.2, -0.15) is 0 Å². The smallest absolute Gasteiger partial charge is 0.129 e. The van der Waals surface area contributed by atoms with Gasteiger partial charge in [0.1, 0.15) is 18.0 Å². The minimum absolute atomic E-state index is 0.0554. The average Bonchev–Trinajstić information content (AvgIpc) is 2.66. The highest BCUT2D eigenvalue weighted by atomic mass is 16.5. The van der Waals surface area contributed by atoms with Crippen molar-refractivity contribution in [2.45, 2.75) is 58.2 Å². The number of hydrogen-bond acceptors (Lipinski definition) is 2. The lowest BCUT2D eigenvalue weighted by atomic mass is 9.94. The average molecular weight is 234 g/mol. The van der Waals surface area contributed by atoms with Crippen molar-refractivity contribution in [3.8, 4) is 5.75 Å². The van der Waals surface area contributed by atoms with Gasteiger partial charge in [0, 0.05) is 5.56 Å². The summed E-state index contributed by atoms with van der Waals surface area (Å²) in [5, 5.41) is 10.2. The van der Waals surface area contributed by atoms with Gasteiger partial charge in [0.05, 0.1) is 0 Å². The van der Waals surface area contributed by atoms with E-state index in [1.165, 1.54) is 5.56 Å². The minimum Gasteiger partial charge on any atom is -0.487 e. The molecule has 1 aliphatic heterocycles. The molecule has 0 radical (unpaired) electrons. The Morgan fingerprint density at radius 3 is 2.76 bits per heavy atom. The van der Waals surface area contributed by atoms with Crippen LogP contribution in [-0.2, 0) is 0 Å². The number of aliphatic hydroxyl groups excluding tert-OH is 1. The first-order valence-electron chi connectivity index (χ1n) is 6.66. The fourth-order valence-corrected chi connectivity index (χ4v) is 2.47. The monoisotopic (exact) mass is 234 g/mol. The third-order valence-corrected chi connectivity index (χ3v) is 3.73. The zero-order chi connectivity index (χ0) is 12.4. The van der Waals surface area contributed by atoms with Gasteiger partial charge in [-0.05, 0) is 24.3 Å². The van der Waals surface area contributed by atoms with E-state index in [1.807, 2.05) is 12.1 Å². The third kappa shape index (κ3) is 2.19. The Labute approximate surface area is 104 Å². The van der Waals surface area contributed by atoms with E-state index < -0.39 is 6.10 Å². The first kappa shape index (κ1) is 12.4. The maximum Gasteiger partial charge on any atom is 0.129 e. The van der Waals surface area contributed by atoms with E-state index in [9.17, 15) is 5.11 Å². The molecule has 0 amide bonds. The molecule has 3 unspecified atom stereocenters. The van der Waals surface area contributed by atoms with Crippen molar-refractivity contribution >= 4 is 0 Å². The molecule has 0 aromatic heterocycles. The molecule has 2 rings (SSSR count). The van der Waals surface area contributed by atoms with Crippen molar-refractivity contribution in [2.75, 3.05) is 0 Å². The summed E-state index contributed by atoms with van der Waals surface area (Å²) in [7, 11) is 0. The molecular formula is C15H22O2. The van der Waals surface area contributed by atoms with Crippen LogP contribution in [0.1, 0.15) is 63.2 Å². The van der Waals surface area contributed by atoms with Crippen LogP contribution in [0.25, 0.3) is 0 Å². The highest BCUT2D eigenvalue weighted by Crippen LogP contribution is 2.43. The van der Waals surface area contributed by atoms with Gasteiger partial charge in [-0.3, -0.25) is 0 Å². The summed E-state index contributed by atoms with van der Waals surface area (Å²) in [6.45, 7) is 6.51. The maximum atomic E-state index is 10.2. The Morgan fingerprint density at radius 2 is 2.12 bits per heavy atom. The molecule has 1 aliphatic rings. The van der Waals surface area contributed by atoms with Gasteiger partial charge in [0.2, 0.25) is 0 Å². The van der Waals surface area contributed by atoms with E-state index >= 15 is 0 Å². The number of para-hydroxylation sites is 1. The first-order chi connectivity index (χ1) is 8.19. The molecule has 0 saturated carbocycles. The number of aliphatic hydroxyl groups is 1. The van der Waals surface area contributed by atoms with Gasteiger partial charge in [-0.25, -0.2) is 0 Å². The highest BCUT2D eigenvalue weighted by Gasteiger charge is 2.34. The van der Waals surface area contributed by atoms with Crippen molar-refractivity contribution < 1.29 is 9.84 Å². The Hall–Kier alpha value is -1.02. The predicted molar refractivity (Wildman–Crippen MR) is 69.4 cm³/mol. The summed E-state index contributed by atoms with van der Waals surface area (Å²) >= 11 is 0. The quantitative estimate of drug-likeness (QED) is 0.858. The summed E-state index contributed by atoms with van der Waals surface area (Å²) in [4.78, 5) is 0. The molecule has 1 N–H and O–H groups in total. The fourth-order valence-electron chi connectivity index (χ4n) is 2.47. The molecule has 17 heavy (non-hydrogen) atoms. The molecule has 0 fully saturated rings. The molecule has 1 aromatic rings. The number of rotatable bonds is 4. The number of ether oxygens (including phenoxy) is 1. The molecule has 94 valence electrons. The fraction of sp³-hybridized carbons (Fsp3) is 0.600. The second kappa shape index (κ2) is 5.09. The standard InChI is InChI=1S/C15H22O2/c1-4-7-13-14(16)12-9-6-8-11(10(3)5-2)15(12)17-13/h6,8-10,13-14,16H,4-5,7H2,1-3H3. The van der Waals surface area contributed by atoms with Crippen LogP contribution in [0.2, 0.25) is 0 Å². The van der Waals surface area contributed by atoms with E-state index in [0.29, 0.717) is 5.92 Å². The first-order valence-corrected chi connectivity index (χ1v) is 6.66. The topological polar surface area (TPSA) is 29.5 Å². The molecule has 2 heteroatoms. The van der Waals surface area contributed by atoms with Gasteiger partial charge in [0.25, 0.3) is 0 Å². The summed E-state index contributed by atoms with van der Waals surface area (Å²) in [6.07, 6.45) is 2.53. The van der Waals surface area contributed by atoms with Crippen molar-refractivity contribution in [3.63, 3.8) is 0 Å². The zero-order valence-corrected chi connectivity index (χ0v) is 10.9. The Morgan fingerprint density at radius 1 is 1.35 bits per heavy atom. The van der Waals surface area contributed by atoms with Crippen molar-refractivity contribution in [2.24, 2.45) is 0 Å². The van der Waals surface area contributed by atoms with E-state index in [1.54, 1.807) is 0 Å². The lowest BCUT2D eigenvalue weighted by Gasteiger charge is -2.15. The van der Waals surface area contributed by atoms with E-state index in [-0.39, 0.29) is 6.10 Å². The summed E-state index contributed by atoms with van der Waals surface area (Å²) in [6, 6.07) is 6.14. The van der Waals surface area contributed by atoms with Gasteiger partial charge in [0.15, 0.2) is 0 Å². The van der Waals surface area contributed by atoms with E-state index in [2.05, 4.69) is 26.8 Å². The van der Waals surface area contributed by atoms with Gasteiger partial charge in [-0.15, -0.1) is 0 Å². The Bertz CT molecular complexity index is 387. The Kier molecular flexibility index (Phi) is 3.72.